The molecule has 1 aromatic rings. The van der Waals surface area contributed by atoms with Crippen molar-refractivity contribution in [2.45, 2.75) is 77.1 Å². The van der Waals surface area contributed by atoms with Crippen molar-refractivity contribution in [1.82, 2.24) is 0 Å². The van der Waals surface area contributed by atoms with Crippen LogP contribution in [0.1, 0.15) is 46.1 Å². The van der Waals surface area contributed by atoms with Gasteiger partial charge in [-0.1, -0.05) is 18.1 Å². The Morgan fingerprint density at radius 3 is 2.47 bits per heavy atom. The standard InChI is InChI=1S/C27H35NO8/c1-6-26(5)22(36-24(32)23(26)31)16-35-27(18(4)30,25(33)34-7-2)15-19-10-12-20(13-11-19)28-14-8-9-21(28)17(3)29/h1,10-13,21-24,31-32H,7-9,14-16H2,2-5H3/t21-,22+,23-,24?,26-,27?/m0/s1. The van der Waals surface area contributed by atoms with Crippen molar-refractivity contribution in [3.05, 3.63) is 29.8 Å². The molecule has 2 N–H and O–H groups in total. The first-order valence-corrected chi connectivity index (χ1v) is 12.2. The lowest BCUT2D eigenvalue weighted by Gasteiger charge is -2.33. The molecule has 0 bridgehead atoms. The molecule has 196 valence electrons. The second kappa shape index (κ2) is 11.1. The van der Waals surface area contributed by atoms with Crippen LogP contribution < -0.4 is 4.90 Å². The summed E-state index contributed by atoms with van der Waals surface area (Å²) in [5, 5.41) is 20.2. The normalized spacial score (nSPS) is 29.4. The van der Waals surface area contributed by atoms with E-state index in [-0.39, 0.29) is 31.5 Å². The Hall–Kier alpha value is -2.77. The number of terminal acetylenes is 1. The molecule has 0 radical (unpaired) electrons. The Balaban J connectivity index is 1.86. The summed E-state index contributed by atoms with van der Waals surface area (Å²) in [4.78, 5) is 40.0. The molecule has 1 aromatic carbocycles. The molecule has 2 aliphatic heterocycles. The summed E-state index contributed by atoms with van der Waals surface area (Å²) in [6, 6.07) is 7.13. The zero-order chi connectivity index (χ0) is 26.7. The SMILES string of the molecule is C#C[C@@]1(C)[C@@H](COC(Cc2ccc(N3CCC[C@H]3C(C)=O)cc2)(C(C)=O)C(=O)OCC)OC(O)[C@@H]1O. The third-order valence-electron chi connectivity index (χ3n) is 7.27. The summed E-state index contributed by atoms with van der Waals surface area (Å²) < 4.78 is 16.5. The predicted molar refractivity (Wildman–Crippen MR) is 131 cm³/mol. The van der Waals surface area contributed by atoms with Crippen molar-refractivity contribution in [3.63, 3.8) is 0 Å². The van der Waals surface area contributed by atoms with E-state index in [1.807, 2.05) is 12.1 Å². The number of hydrogen-bond donors (Lipinski definition) is 2. The number of hydrogen-bond acceptors (Lipinski definition) is 9. The number of Topliss-reactive ketones (excluding diaryl/α,β-unsaturated/α-hetero) is 2. The Morgan fingerprint density at radius 2 is 1.92 bits per heavy atom. The number of carbonyl (C=O) groups is 3. The molecule has 0 aliphatic carbocycles. The van der Waals surface area contributed by atoms with Gasteiger partial charge < -0.3 is 29.3 Å². The zero-order valence-electron chi connectivity index (χ0n) is 21.2. The fourth-order valence-corrected chi connectivity index (χ4v) is 4.87. The topological polar surface area (TPSA) is 123 Å². The number of ketones is 2. The third kappa shape index (κ3) is 5.18. The number of aliphatic hydroxyl groups excluding tert-OH is 2. The van der Waals surface area contributed by atoms with E-state index < -0.39 is 41.3 Å². The highest BCUT2D eigenvalue weighted by Gasteiger charge is 2.54. The van der Waals surface area contributed by atoms with Crippen LogP contribution in [0.2, 0.25) is 0 Å². The van der Waals surface area contributed by atoms with Gasteiger partial charge in [-0.25, -0.2) is 4.79 Å². The molecular weight excluding hydrogens is 466 g/mol. The van der Waals surface area contributed by atoms with Crippen molar-refractivity contribution in [2.75, 3.05) is 24.7 Å². The highest BCUT2D eigenvalue weighted by atomic mass is 16.7. The molecule has 0 spiro atoms. The van der Waals surface area contributed by atoms with Crippen LogP contribution in [0.15, 0.2) is 24.3 Å². The van der Waals surface area contributed by atoms with Crippen LogP contribution in [0.25, 0.3) is 0 Å². The fraction of sp³-hybridized carbons (Fsp3) is 0.593. The Labute approximate surface area is 211 Å². The smallest absolute Gasteiger partial charge is 0.346 e. The number of aliphatic hydroxyl groups is 2. The van der Waals surface area contributed by atoms with Crippen LogP contribution in [0.3, 0.4) is 0 Å². The molecular formula is C27H35NO8. The molecule has 2 heterocycles. The number of ether oxygens (including phenoxy) is 3. The summed E-state index contributed by atoms with van der Waals surface area (Å²) in [6.45, 7) is 6.48. The minimum absolute atomic E-state index is 0.0387. The van der Waals surface area contributed by atoms with Gasteiger partial charge in [-0.15, -0.1) is 6.42 Å². The van der Waals surface area contributed by atoms with Crippen LogP contribution in [0, 0.1) is 17.8 Å². The summed E-state index contributed by atoms with van der Waals surface area (Å²) in [7, 11) is 0. The molecule has 2 aliphatic rings. The quantitative estimate of drug-likeness (QED) is 0.278. The first-order valence-electron chi connectivity index (χ1n) is 12.2. The summed E-state index contributed by atoms with van der Waals surface area (Å²) in [5.74, 6) is 1.14. The van der Waals surface area contributed by atoms with Gasteiger partial charge in [0.2, 0.25) is 5.60 Å². The molecule has 2 unspecified atom stereocenters. The van der Waals surface area contributed by atoms with Crippen molar-refractivity contribution < 1.29 is 38.8 Å². The average Bonchev–Trinajstić information content (AvgIpc) is 3.42. The second-order valence-electron chi connectivity index (χ2n) is 9.61. The maximum atomic E-state index is 13.1. The maximum Gasteiger partial charge on any atom is 0.346 e. The predicted octanol–water partition coefficient (Wildman–Crippen LogP) is 1.41. The monoisotopic (exact) mass is 501 g/mol. The minimum atomic E-state index is -1.98. The number of rotatable bonds is 10. The first kappa shape index (κ1) is 27.8. The molecule has 0 amide bonds. The molecule has 3 rings (SSSR count). The van der Waals surface area contributed by atoms with E-state index in [1.54, 1.807) is 26.0 Å². The van der Waals surface area contributed by atoms with E-state index in [1.165, 1.54) is 13.8 Å². The van der Waals surface area contributed by atoms with Crippen LogP contribution in [0.5, 0.6) is 0 Å². The van der Waals surface area contributed by atoms with Gasteiger partial charge in [0.05, 0.1) is 24.7 Å². The Morgan fingerprint density at radius 1 is 1.25 bits per heavy atom. The van der Waals surface area contributed by atoms with Gasteiger partial charge in [0.15, 0.2) is 17.9 Å². The van der Waals surface area contributed by atoms with E-state index in [0.717, 1.165) is 25.1 Å². The average molecular weight is 502 g/mol. The van der Waals surface area contributed by atoms with Gasteiger partial charge in [0, 0.05) is 18.7 Å². The van der Waals surface area contributed by atoms with Crippen LogP contribution in [-0.4, -0.2) is 77.6 Å². The molecule has 0 saturated carbocycles. The molecule has 36 heavy (non-hydrogen) atoms. The third-order valence-corrected chi connectivity index (χ3v) is 7.27. The van der Waals surface area contributed by atoms with Crippen LogP contribution in [0.4, 0.5) is 5.69 Å². The largest absolute Gasteiger partial charge is 0.463 e. The molecule has 2 saturated heterocycles. The van der Waals surface area contributed by atoms with E-state index in [9.17, 15) is 24.6 Å². The van der Waals surface area contributed by atoms with E-state index >= 15 is 0 Å². The summed E-state index contributed by atoms with van der Waals surface area (Å²) >= 11 is 0. The van der Waals surface area contributed by atoms with Crippen molar-refractivity contribution >= 4 is 23.2 Å². The van der Waals surface area contributed by atoms with Gasteiger partial charge in [0.1, 0.15) is 12.2 Å². The molecule has 9 nitrogen and oxygen atoms in total. The van der Waals surface area contributed by atoms with E-state index in [2.05, 4.69) is 10.8 Å². The van der Waals surface area contributed by atoms with Gasteiger partial charge in [-0.3, -0.25) is 9.59 Å². The molecule has 6 atom stereocenters. The van der Waals surface area contributed by atoms with Gasteiger partial charge >= 0.3 is 5.97 Å². The number of esters is 1. The minimum Gasteiger partial charge on any atom is -0.463 e. The van der Waals surface area contributed by atoms with Crippen LogP contribution >= 0.6 is 0 Å². The number of anilines is 1. The lowest BCUT2D eigenvalue weighted by atomic mass is 9.81. The van der Waals surface area contributed by atoms with Gasteiger partial charge in [0.25, 0.3) is 0 Å². The van der Waals surface area contributed by atoms with Gasteiger partial charge in [-0.2, -0.15) is 0 Å². The van der Waals surface area contributed by atoms with Gasteiger partial charge in [-0.05, 0) is 58.2 Å². The van der Waals surface area contributed by atoms with Crippen LogP contribution in [-0.2, 0) is 35.0 Å². The number of benzene rings is 1. The zero-order valence-corrected chi connectivity index (χ0v) is 21.2. The Kier molecular flexibility index (Phi) is 8.57. The van der Waals surface area contributed by atoms with Crippen molar-refractivity contribution in [3.8, 4) is 12.3 Å². The van der Waals surface area contributed by atoms with E-state index in [0.29, 0.717) is 5.56 Å². The molecule has 9 heteroatoms. The molecule has 2 fully saturated rings. The maximum absolute atomic E-state index is 13.1. The van der Waals surface area contributed by atoms with Crippen molar-refractivity contribution in [1.29, 1.82) is 0 Å². The fourth-order valence-electron chi connectivity index (χ4n) is 4.87. The second-order valence-corrected chi connectivity index (χ2v) is 9.61. The molecule has 0 aromatic heterocycles. The lowest BCUT2D eigenvalue weighted by molar-refractivity contribution is -0.186. The first-order chi connectivity index (χ1) is 17.0. The summed E-state index contributed by atoms with van der Waals surface area (Å²) in [6.07, 6.45) is 3.37. The van der Waals surface area contributed by atoms with Crippen molar-refractivity contribution in [2.24, 2.45) is 5.41 Å². The lowest BCUT2D eigenvalue weighted by Crippen LogP contribution is -2.53. The number of carbonyl (C=O) groups excluding carboxylic acids is 3. The highest BCUT2D eigenvalue weighted by Crippen LogP contribution is 2.38. The Bertz CT molecular complexity index is 1020. The highest BCUT2D eigenvalue weighted by molar-refractivity contribution is 6.06. The van der Waals surface area contributed by atoms with E-state index in [4.69, 9.17) is 20.6 Å². The number of nitrogens with zero attached hydrogens (tertiary/aromatic N) is 1. The summed E-state index contributed by atoms with van der Waals surface area (Å²) in [5.41, 5.74) is -1.74.